The van der Waals surface area contributed by atoms with Crippen molar-refractivity contribution in [2.24, 2.45) is 72.9 Å². The first-order valence-corrected chi connectivity index (χ1v) is 27.3. The molecule has 3 heterocycles. The highest BCUT2D eigenvalue weighted by atomic mass is 16.6. The van der Waals surface area contributed by atoms with Gasteiger partial charge in [0.05, 0.1) is 39.6 Å². The summed E-state index contributed by atoms with van der Waals surface area (Å²) in [6.07, 6.45) is 2.20. The van der Waals surface area contributed by atoms with Crippen molar-refractivity contribution in [2.45, 2.75) is 198 Å². The van der Waals surface area contributed by atoms with Crippen LogP contribution in [0.2, 0.25) is 0 Å². The Balaban J connectivity index is 0.000000168. The van der Waals surface area contributed by atoms with Crippen molar-refractivity contribution in [3.05, 3.63) is 0 Å². The van der Waals surface area contributed by atoms with Gasteiger partial charge >= 0.3 is 59.7 Å². The minimum absolute atomic E-state index is 0.0527. The number of rotatable bonds is 16. The summed E-state index contributed by atoms with van der Waals surface area (Å²) in [5.41, 5.74) is -6.82. The van der Waals surface area contributed by atoms with Crippen LogP contribution in [0.25, 0.3) is 0 Å². The molecule has 20 heteroatoms. The summed E-state index contributed by atoms with van der Waals surface area (Å²) in [6, 6.07) is 0. The normalized spacial score (nSPS) is 39.8. The molecule has 0 amide bonds. The Bertz CT molecular complexity index is 2500. The maximum Gasteiger partial charge on any atom is 0.344 e. The quantitative estimate of drug-likeness (QED) is 0.118. The number of ether oxygens (including phenoxy) is 10. The third-order valence-corrected chi connectivity index (χ3v) is 21.3. The molecule has 9 fully saturated rings. The molecule has 3 aliphatic heterocycles. The van der Waals surface area contributed by atoms with Crippen LogP contribution >= 0.6 is 0 Å². The zero-order valence-electron chi connectivity index (χ0n) is 48.1. The van der Waals surface area contributed by atoms with Crippen molar-refractivity contribution in [3.8, 4) is 0 Å². The van der Waals surface area contributed by atoms with Crippen molar-refractivity contribution in [1.82, 2.24) is 0 Å². The van der Waals surface area contributed by atoms with E-state index in [2.05, 4.69) is 6.92 Å². The zero-order chi connectivity index (χ0) is 57.8. The molecule has 0 radical (unpaired) electrons. The van der Waals surface area contributed by atoms with E-state index in [9.17, 15) is 47.9 Å². The first-order valence-electron chi connectivity index (χ1n) is 27.3. The van der Waals surface area contributed by atoms with Gasteiger partial charge in [-0.2, -0.15) is 0 Å². The van der Waals surface area contributed by atoms with Crippen molar-refractivity contribution < 1.29 is 95.3 Å². The summed E-state index contributed by atoms with van der Waals surface area (Å²) >= 11 is 0. The largest absolute Gasteiger partial charge is 0.468 e. The van der Waals surface area contributed by atoms with E-state index in [1.165, 1.54) is 7.11 Å². The summed E-state index contributed by atoms with van der Waals surface area (Å²) in [6.45, 7) is 28.3. The van der Waals surface area contributed by atoms with Gasteiger partial charge in [0.2, 0.25) is 0 Å². The Labute approximate surface area is 451 Å². The molecule has 9 rings (SSSR count). The number of methoxy groups -OCH3 is 1. The van der Waals surface area contributed by atoms with E-state index in [-0.39, 0.29) is 59.3 Å². The van der Waals surface area contributed by atoms with E-state index in [0.717, 1.165) is 12.8 Å². The van der Waals surface area contributed by atoms with Gasteiger partial charge in [-0.15, -0.1) is 0 Å². The molecule has 9 aliphatic rings. The highest BCUT2D eigenvalue weighted by Crippen LogP contribution is 2.73. The monoisotopic (exact) mass is 1090 g/mol. The standard InChI is InChI=1S/C19H26O8.2C19H28O6/c1-6-17(2,3)14(21)25-8-11(20)26-13-12-10-7-19(13,16(23)24-5)9-18(10,4)15(22)27-12;1-7-16(2,3)14(21)23-10-13(20)24-18(5)11-8-12-17(4,9-11)15(22)25-19(12,18)6;1-7-17(3,4)15(21)23-9-12(20)24-13-11-8-18(5)14(13)25-16(22)19(18,6)10(11)2/h10,12-13H,6-9H2,1-5H3;11-12H,7-10H2,1-6H3;10-11,13-14H,7-9H2,1-6H3. The van der Waals surface area contributed by atoms with Crippen LogP contribution in [0.1, 0.15) is 162 Å². The minimum Gasteiger partial charge on any atom is -0.468 e. The lowest BCUT2D eigenvalue weighted by Gasteiger charge is -2.45. The predicted molar refractivity (Wildman–Crippen MR) is 267 cm³/mol. The van der Waals surface area contributed by atoms with Crippen molar-refractivity contribution in [3.63, 3.8) is 0 Å². The third kappa shape index (κ3) is 8.89. The Kier molecular flexibility index (Phi) is 15.0. The predicted octanol–water partition coefficient (Wildman–Crippen LogP) is 6.51. The van der Waals surface area contributed by atoms with Crippen molar-refractivity contribution in [2.75, 3.05) is 26.9 Å². The molecule has 6 saturated carbocycles. The molecule has 16 unspecified atom stereocenters. The van der Waals surface area contributed by atoms with Gasteiger partial charge in [-0.1, -0.05) is 34.6 Å². The highest BCUT2D eigenvalue weighted by molar-refractivity contribution is 5.89. The van der Waals surface area contributed by atoms with E-state index in [4.69, 9.17) is 47.4 Å². The molecule has 0 aromatic carbocycles. The van der Waals surface area contributed by atoms with Gasteiger partial charge in [0.15, 0.2) is 37.1 Å². The summed E-state index contributed by atoms with van der Waals surface area (Å²) in [4.78, 5) is 122. The Morgan fingerprint density at radius 3 is 1.65 bits per heavy atom. The Morgan fingerprint density at radius 1 is 0.636 bits per heavy atom. The van der Waals surface area contributed by atoms with Gasteiger partial charge in [0, 0.05) is 29.1 Å². The maximum absolute atomic E-state index is 12.5. The second kappa shape index (κ2) is 19.5. The lowest BCUT2D eigenvalue weighted by Crippen LogP contribution is -2.57. The molecule has 6 aliphatic carbocycles. The molecule has 77 heavy (non-hydrogen) atoms. The van der Waals surface area contributed by atoms with Gasteiger partial charge in [0.25, 0.3) is 0 Å². The number of hydrogen-bond donors (Lipinski definition) is 0. The molecular weight excluding hydrogens is 1000 g/mol. The summed E-state index contributed by atoms with van der Waals surface area (Å²) < 4.78 is 53.9. The van der Waals surface area contributed by atoms with Crippen LogP contribution in [0.3, 0.4) is 0 Å². The maximum atomic E-state index is 12.5. The Hall–Kier alpha value is -5.30. The first kappa shape index (κ1) is 59.4. The van der Waals surface area contributed by atoms with Gasteiger partial charge in [-0.05, 0) is 133 Å². The smallest absolute Gasteiger partial charge is 0.344 e. The molecule has 0 N–H and O–H groups in total. The molecule has 0 aromatic rings. The molecule has 16 atom stereocenters. The fraction of sp³-hybridized carbons (Fsp3) is 0.825. The summed E-state index contributed by atoms with van der Waals surface area (Å²) in [7, 11) is 1.27. The van der Waals surface area contributed by atoms with Gasteiger partial charge in [0.1, 0.15) is 23.7 Å². The fourth-order valence-corrected chi connectivity index (χ4v) is 14.4. The van der Waals surface area contributed by atoms with E-state index in [0.29, 0.717) is 32.1 Å². The van der Waals surface area contributed by atoms with Gasteiger partial charge in [-0.3, -0.25) is 33.6 Å². The summed E-state index contributed by atoms with van der Waals surface area (Å²) in [5.74, 6) is -4.47. The number of esters is 10. The second-order valence-electron chi connectivity index (χ2n) is 26.5. The average Bonchev–Trinajstić information content (AvgIpc) is 4.29. The molecule has 0 aromatic heterocycles. The summed E-state index contributed by atoms with van der Waals surface area (Å²) in [5, 5.41) is 0. The topological polar surface area (TPSA) is 263 Å². The first-order chi connectivity index (χ1) is 35.4. The third-order valence-electron chi connectivity index (χ3n) is 21.3. The number of hydrogen-bond acceptors (Lipinski definition) is 20. The van der Waals surface area contributed by atoms with E-state index < -0.39 is 135 Å². The molecule has 20 nitrogen and oxygen atoms in total. The van der Waals surface area contributed by atoms with Crippen molar-refractivity contribution in [1.29, 1.82) is 0 Å². The van der Waals surface area contributed by atoms with Gasteiger partial charge < -0.3 is 47.4 Å². The zero-order valence-corrected chi connectivity index (χ0v) is 48.1. The number of fused-ring (bicyclic) bond motifs is 3. The molecule has 430 valence electrons. The second-order valence-corrected chi connectivity index (χ2v) is 26.5. The van der Waals surface area contributed by atoms with E-state index in [1.807, 2.05) is 55.4 Å². The van der Waals surface area contributed by atoms with Crippen molar-refractivity contribution >= 4 is 59.7 Å². The lowest BCUT2D eigenvalue weighted by molar-refractivity contribution is -0.205. The van der Waals surface area contributed by atoms with E-state index in [1.54, 1.807) is 48.5 Å². The number of carbonyl (C=O) groups excluding carboxylic acids is 10. The van der Waals surface area contributed by atoms with Crippen LogP contribution in [0.4, 0.5) is 0 Å². The molecule has 3 saturated heterocycles. The molecular formula is C57H82O20. The average molecular weight is 1090 g/mol. The highest BCUT2D eigenvalue weighted by Gasteiger charge is 2.82. The fourth-order valence-electron chi connectivity index (χ4n) is 14.4. The lowest BCUT2D eigenvalue weighted by atomic mass is 9.61. The van der Waals surface area contributed by atoms with Gasteiger partial charge in [-0.25, -0.2) is 14.4 Å². The van der Waals surface area contributed by atoms with Crippen LogP contribution in [0.15, 0.2) is 0 Å². The van der Waals surface area contributed by atoms with Crippen LogP contribution in [-0.4, -0.2) is 122 Å². The van der Waals surface area contributed by atoms with Crippen LogP contribution in [-0.2, 0) is 95.3 Å². The molecule has 0 spiro atoms. The van der Waals surface area contributed by atoms with Crippen LogP contribution < -0.4 is 0 Å². The van der Waals surface area contributed by atoms with Crippen LogP contribution in [0.5, 0.6) is 0 Å². The Morgan fingerprint density at radius 2 is 1.14 bits per heavy atom. The van der Waals surface area contributed by atoms with Crippen LogP contribution in [0, 0.1) is 72.9 Å². The SMILES string of the molecule is CCC(C)(C)C(=O)OCC(=O)OC1(C)C2CC3C(C)(C2)C(=O)OC31C.CCC(C)(C)C(=O)OCC(=O)OC1C2CC3(C)C1OC(=O)C3(C)C2C.CCC(C)(C)C(=O)OCC(=O)OC1C2OC(=O)C3(C)CC1(C(=O)OC)CC23. The number of carbonyl (C=O) groups is 10. The molecule has 6 bridgehead atoms. The minimum atomic E-state index is -1.10. The van der Waals surface area contributed by atoms with E-state index >= 15 is 0 Å².